The number of aliphatic imine (C=N–C) groups is 1. The summed E-state index contributed by atoms with van der Waals surface area (Å²) >= 11 is 1.21. The van der Waals surface area contributed by atoms with E-state index < -0.39 is 69.8 Å². The molecule has 60 heavy (non-hydrogen) atoms. The number of thiophene rings is 1. The average molecular weight is 854 g/mol. The van der Waals surface area contributed by atoms with Gasteiger partial charge in [0.05, 0.1) is 4.90 Å². The lowest BCUT2D eigenvalue weighted by Gasteiger charge is -2.25. The van der Waals surface area contributed by atoms with E-state index in [1.54, 1.807) is 60.1 Å². The van der Waals surface area contributed by atoms with Crippen molar-refractivity contribution in [2.45, 2.75) is 74.6 Å². The van der Waals surface area contributed by atoms with Crippen LogP contribution in [0.15, 0.2) is 112 Å². The summed E-state index contributed by atoms with van der Waals surface area (Å²) in [5.41, 5.74) is 9.11. The first kappa shape index (κ1) is 43.1. The number of aromatic nitrogens is 1. The maximum Gasteiger partial charge on any atom is 0.264 e. The summed E-state index contributed by atoms with van der Waals surface area (Å²) in [5, 5.41) is 16.4. The van der Waals surface area contributed by atoms with Gasteiger partial charge in [0.1, 0.15) is 30.2 Å². The number of nitrogens with two attached hydrogens (primary N) is 1. The van der Waals surface area contributed by atoms with Crippen LogP contribution in [0.3, 0.4) is 0 Å². The highest BCUT2D eigenvalue weighted by Gasteiger charge is 2.35. The molecule has 0 radical (unpaired) electrons. The van der Waals surface area contributed by atoms with Gasteiger partial charge in [0, 0.05) is 41.4 Å². The average Bonchev–Trinajstić information content (AvgIpc) is 3.91. The number of sulfonamides is 1. The first-order chi connectivity index (χ1) is 28.8. The van der Waals surface area contributed by atoms with Crippen molar-refractivity contribution < 1.29 is 32.4 Å². The quantitative estimate of drug-likeness (QED) is 0.0555. The molecule has 3 aromatic carbocycles. The number of hydrogen-bond donors (Lipinski definition) is 8. The van der Waals surface area contributed by atoms with Crippen LogP contribution in [0.5, 0.6) is 0 Å². The molecule has 5 unspecified atom stereocenters. The molecule has 2 aromatic heterocycles. The monoisotopic (exact) mass is 853 g/mol. The summed E-state index contributed by atoms with van der Waals surface area (Å²) in [7, 11) is -4.01. The van der Waals surface area contributed by atoms with Gasteiger partial charge in [0.15, 0.2) is 0 Å². The number of nitrogens with one attached hydrogen (secondary N) is 7. The van der Waals surface area contributed by atoms with Gasteiger partial charge in [-0.3, -0.25) is 29.0 Å². The summed E-state index contributed by atoms with van der Waals surface area (Å²) in [6, 6.07) is 20.0. The molecule has 0 spiro atoms. The van der Waals surface area contributed by atoms with Crippen molar-refractivity contribution in [1.29, 1.82) is 0 Å². The SMILES string of the molecule is Cc1ccc(S(=O)(=O)NC(N)=NCCCC2NC(=O)C(c3cccs3)NC(=O)C(Cc3c[nH]c4ccccc34)NC(=O)C(C)NC(=O)C(Cc3ccccc3)NC2=O)cc1. The number of aryl methyl sites for hydroxylation is 1. The van der Waals surface area contributed by atoms with E-state index in [4.69, 9.17) is 5.73 Å². The molecule has 3 heterocycles. The number of carbonyl (C=O) groups is 5. The minimum absolute atomic E-state index is 0.00127. The Morgan fingerprint density at radius 3 is 2.12 bits per heavy atom. The minimum Gasteiger partial charge on any atom is -0.369 e. The third-order valence-corrected chi connectivity index (χ3v) is 12.2. The van der Waals surface area contributed by atoms with Crippen molar-refractivity contribution in [2.24, 2.45) is 10.7 Å². The van der Waals surface area contributed by atoms with Crippen molar-refractivity contribution in [3.05, 3.63) is 124 Å². The number of rotatable bonds is 11. The molecule has 5 atom stereocenters. The minimum atomic E-state index is -4.01. The van der Waals surface area contributed by atoms with E-state index in [1.807, 2.05) is 37.3 Å². The summed E-state index contributed by atoms with van der Waals surface area (Å²) in [6.45, 7) is 3.26. The highest BCUT2D eigenvalue weighted by Crippen LogP contribution is 2.23. The molecule has 16 nitrogen and oxygen atoms in total. The standard InChI is InChI=1S/C42H47N9O7S2/c1-25-16-18-29(19-17-25)60(57,58)51-42(43)44-20-8-14-32-38(53)49-33(22-27-10-4-3-5-11-27)39(54)46-26(2)37(52)48-34(23-28-24-45-31-13-7-6-12-30(28)31)40(55)50-36(41(56)47-32)35-15-9-21-59-35/h3-7,9-13,15-19,21,24,26,32-34,36,45H,8,14,20,22-23H2,1-2H3,(H,46,54)(H,47,56)(H,48,52)(H,49,53)(H,50,55)(H3,43,44,51). The van der Waals surface area contributed by atoms with E-state index in [1.165, 1.54) is 30.4 Å². The fourth-order valence-electron chi connectivity index (χ4n) is 6.67. The van der Waals surface area contributed by atoms with Crippen LogP contribution in [-0.4, -0.2) is 79.6 Å². The topological polar surface area (TPSA) is 246 Å². The molecular formula is C42H47N9O7S2. The predicted molar refractivity (Wildman–Crippen MR) is 228 cm³/mol. The zero-order valence-corrected chi connectivity index (χ0v) is 34.6. The lowest BCUT2D eigenvalue weighted by atomic mass is 10.0. The Bertz CT molecular complexity index is 2460. The van der Waals surface area contributed by atoms with E-state index in [9.17, 15) is 32.4 Å². The summed E-state index contributed by atoms with van der Waals surface area (Å²) in [5.74, 6) is -3.79. The maximum atomic E-state index is 14.3. The van der Waals surface area contributed by atoms with Crippen LogP contribution in [0.25, 0.3) is 10.9 Å². The van der Waals surface area contributed by atoms with E-state index in [0.29, 0.717) is 4.88 Å². The summed E-state index contributed by atoms with van der Waals surface area (Å²) in [4.78, 5) is 78.0. The second kappa shape index (κ2) is 19.5. The van der Waals surface area contributed by atoms with Gasteiger partial charge in [0.2, 0.25) is 35.5 Å². The van der Waals surface area contributed by atoms with Crippen molar-refractivity contribution in [1.82, 2.24) is 36.3 Å². The molecule has 0 bridgehead atoms. The second-order valence-electron chi connectivity index (χ2n) is 14.5. The Morgan fingerprint density at radius 1 is 0.733 bits per heavy atom. The number of amides is 5. The fraction of sp³-hybridized carbons (Fsp3) is 0.286. The molecule has 1 aliphatic rings. The van der Waals surface area contributed by atoms with E-state index in [0.717, 1.165) is 27.6 Å². The molecule has 1 fully saturated rings. The molecule has 314 valence electrons. The number of aromatic amines is 1. The molecule has 5 amide bonds. The lowest BCUT2D eigenvalue weighted by molar-refractivity contribution is -0.134. The van der Waals surface area contributed by atoms with Crippen LogP contribution >= 0.6 is 11.3 Å². The van der Waals surface area contributed by atoms with Crippen molar-refractivity contribution in [3.8, 4) is 0 Å². The fourth-order valence-corrected chi connectivity index (χ4v) is 8.39. The Kier molecular flexibility index (Phi) is 14.0. The van der Waals surface area contributed by atoms with Crippen LogP contribution < -0.4 is 37.0 Å². The Morgan fingerprint density at radius 2 is 1.38 bits per heavy atom. The molecule has 0 aliphatic carbocycles. The summed E-state index contributed by atoms with van der Waals surface area (Å²) in [6.07, 6.45) is 1.96. The van der Waals surface area contributed by atoms with Gasteiger partial charge < -0.3 is 37.3 Å². The van der Waals surface area contributed by atoms with Crippen molar-refractivity contribution in [2.75, 3.05) is 6.54 Å². The molecule has 18 heteroatoms. The Labute approximate surface area is 351 Å². The number of nitrogens with zero attached hydrogens (tertiary/aromatic N) is 1. The van der Waals surface area contributed by atoms with Gasteiger partial charge in [-0.05, 0) is 67.5 Å². The van der Waals surface area contributed by atoms with E-state index in [2.05, 4.69) is 41.3 Å². The van der Waals surface area contributed by atoms with Crippen LogP contribution in [0, 0.1) is 6.92 Å². The zero-order valence-electron chi connectivity index (χ0n) is 32.9. The number of para-hydroxylation sites is 1. The molecule has 1 saturated heterocycles. The molecule has 5 aromatic rings. The van der Waals surface area contributed by atoms with Gasteiger partial charge in [0.25, 0.3) is 10.0 Å². The first-order valence-electron chi connectivity index (χ1n) is 19.3. The number of guanidine groups is 1. The van der Waals surface area contributed by atoms with Crippen LogP contribution in [0.4, 0.5) is 0 Å². The lowest BCUT2D eigenvalue weighted by Crippen LogP contribution is -2.57. The largest absolute Gasteiger partial charge is 0.369 e. The summed E-state index contributed by atoms with van der Waals surface area (Å²) < 4.78 is 27.9. The second-order valence-corrected chi connectivity index (χ2v) is 17.1. The number of benzene rings is 3. The molecule has 1 aliphatic heterocycles. The van der Waals surface area contributed by atoms with Crippen LogP contribution in [0.2, 0.25) is 0 Å². The molecule has 0 saturated carbocycles. The van der Waals surface area contributed by atoms with Gasteiger partial charge in [-0.1, -0.05) is 72.3 Å². The predicted octanol–water partition coefficient (Wildman–Crippen LogP) is 2.23. The number of H-pyrrole nitrogens is 1. The van der Waals surface area contributed by atoms with Crippen molar-refractivity contribution in [3.63, 3.8) is 0 Å². The van der Waals surface area contributed by atoms with Crippen molar-refractivity contribution >= 4 is 67.8 Å². The zero-order chi connectivity index (χ0) is 42.8. The highest BCUT2D eigenvalue weighted by atomic mass is 32.2. The van der Waals surface area contributed by atoms with Crippen LogP contribution in [-0.2, 0) is 46.8 Å². The first-order valence-corrected chi connectivity index (χ1v) is 21.7. The third-order valence-electron chi connectivity index (χ3n) is 9.91. The smallest absolute Gasteiger partial charge is 0.264 e. The van der Waals surface area contributed by atoms with Gasteiger partial charge >= 0.3 is 0 Å². The Balaban J connectivity index is 1.28. The van der Waals surface area contributed by atoms with E-state index in [-0.39, 0.29) is 43.1 Å². The molecular weight excluding hydrogens is 807 g/mol. The van der Waals surface area contributed by atoms with Gasteiger partial charge in [-0.25, -0.2) is 13.1 Å². The normalized spacial score (nSPS) is 21.1. The van der Waals surface area contributed by atoms with Crippen LogP contribution in [0.1, 0.15) is 47.4 Å². The van der Waals surface area contributed by atoms with Gasteiger partial charge in [-0.15, -0.1) is 11.3 Å². The molecule has 9 N–H and O–H groups in total. The number of fused-ring (bicyclic) bond motifs is 1. The molecule has 6 rings (SSSR count). The number of hydrogen-bond acceptors (Lipinski definition) is 9. The number of carbonyl (C=O) groups excluding carboxylic acids is 5. The highest BCUT2D eigenvalue weighted by molar-refractivity contribution is 7.90. The maximum absolute atomic E-state index is 14.3. The third kappa shape index (κ3) is 11.1. The van der Waals surface area contributed by atoms with E-state index >= 15 is 0 Å². The van der Waals surface area contributed by atoms with Gasteiger partial charge in [-0.2, -0.15) is 0 Å². The Hall–Kier alpha value is -6.53.